The van der Waals surface area contributed by atoms with E-state index in [2.05, 4.69) is 37.2 Å². The summed E-state index contributed by atoms with van der Waals surface area (Å²) in [6, 6.07) is -4.22. The van der Waals surface area contributed by atoms with Gasteiger partial charge in [-0.15, -0.1) is 0 Å². The molecule has 3 aliphatic rings. The quantitative estimate of drug-likeness (QED) is 0.0243. The number of unbranched alkanes of at least 4 members (excludes halogenated alkanes) is 9. The van der Waals surface area contributed by atoms with Crippen LogP contribution in [0.25, 0.3) is 0 Å². The van der Waals surface area contributed by atoms with Gasteiger partial charge in [-0.2, -0.15) is 0 Å². The van der Waals surface area contributed by atoms with Crippen LogP contribution in [0.15, 0.2) is 0 Å². The van der Waals surface area contributed by atoms with Crippen molar-refractivity contribution >= 4 is 77.2 Å². The zero-order chi connectivity index (χ0) is 74.4. The van der Waals surface area contributed by atoms with Crippen molar-refractivity contribution in [3.05, 3.63) is 0 Å². The third-order valence-electron chi connectivity index (χ3n) is 16.8. The largest absolute Gasteiger partial charge is 0.463 e. The molecule has 0 spiro atoms. The summed E-state index contributed by atoms with van der Waals surface area (Å²) >= 11 is 0. The lowest BCUT2D eigenvalue weighted by Gasteiger charge is -2.44. The zero-order valence-corrected chi connectivity index (χ0v) is 60.3. The van der Waals surface area contributed by atoms with Crippen molar-refractivity contribution < 1.29 is 119 Å². The standard InChI is InChI=1S/C67H112N8O25/c1-38-57(72-41(4)76)65(98-52(35-92-44(7)79)60(38)95-47(10)82)89-32-22-16-13-19-29-69-55(85)28-26-51(64(88)71-31-21-15-18-24-34-91-67-59(74-43(6)78)40(3)62(97-49(12)84)54(100-67)37-94-46(9)81)75-56(86)27-25-50(68)63(87)70-30-20-14-17-23-33-90-66-58(73-42(5)77)39(2)61(96-48(11)83)53(99-66)36-93-45(8)80/h38-40,50-54,57-62,65-67H,13-37,68H2,1-12H3,(H,69,85)(H,70,87)(H,71,88)(H,72,76)(H,73,77)(H,74,78)(H,75,86). The summed E-state index contributed by atoms with van der Waals surface area (Å²) in [5, 5.41) is 19.7. The minimum absolute atomic E-state index is 0.0465. The number of carbonyl (C=O) groups excluding carboxylic acids is 13. The normalized spacial score (nSPS) is 25.4. The van der Waals surface area contributed by atoms with Crippen LogP contribution in [-0.4, -0.2) is 222 Å². The van der Waals surface area contributed by atoms with Crippen molar-refractivity contribution in [2.45, 2.75) is 272 Å². The average molecular weight is 1430 g/mol. The highest BCUT2D eigenvalue weighted by Crippen LogP contribution is 2.33. The van der Waals surface area contributed by atoms with Crippen LogP contribution in [-0.2, 0) is 119 Å². The van der Waals surface area contributed by atoms with Crippen molar-refractivity contribution in [3.8, 4) is 0 Å². The molecule has 7 amide bonds. The molecule has 3 fully saturated rings. The molecule has 33 heteroatoms. The van der Waals surface area contributed by atoms with Crippen molar-refractivity contribution in [1.82, 2.24) is 37.2 Å². The van der Waals surface area contributed by atoms with Gasteiger partial charge in [-0.1, -0.05) is 59.3 Å². The van der Waals surface area contributed by atoms with E-state index >= 15 is 0 Å². The Kier molecular flexibility index (Phi) is 41.0. The van der Waals surface area contributed by atoms with Gasteiger partial charge in [0.05, 0.1) is 24.2 Å². The van der Waals surface area contributed by atoms with Crippen LogP contribution in [0, 0.1) is 17.8 Å². The number of carbonyl (C=O) groups is 13. The summed E-state index contributed by atoms with van der Waals surface area (Å²) in [5.74, 6) is -7.71. The molecule has 0 aromatic heterocycles. The van der Waals surface area contributed by atoms with Crippen LogP contribution in [0.4, 0.5) is 0 Å². The average Bonchev–Trinajstić information content (AvgIpc) is 0.812. The van der Waals surface area contributed by atoms with Gasteiger partial charge >= 0.3 is 35.8 Å². The van der Waals surface area contributed by atoms with Crippen molar-refractivity contribution in [2.75, 3.05) is 59.3 Å². The highest BCUT2D eigenvalue weighted by atomic mass is 16.7. The minimum atomic E-state index is -1.12. The van der Waals surface area contributed by atoms with Gasteiger partial charge in [-0.3, -0.25) is 62.3 Å². The first kappa shape index (κ1) is 87.0. The number of rotatable bonds is 45. The fraction of sp³-hybridized carbons (Fsp3) is 0.806. The number of esters is 6. The molecule has 33 nitrogen and oxygen atoms in total. The molecule has 0 bridgehead atoms. The second-order valence-corrected chi connectivity index (χ2v) is 25.6. The SMILES string of the molecule is CC(=O)NC1C(OCCCCCCNC(=O)CCC(NC(=O)CCC(N)C(=O)NCCCCCCOC2OC(COC(C)=O)C(OC(C)=O)C(C)C2NC(C)=O)C(=O)NCCCCCCOC2OC(COC(C)=O)C(OC(C)=O)C(C)C2NC(C)=O)OC(COC(C)=O)C(OC(C)=O)C1C. The fourth-order valence-corrected chi connectivity index (χ4v) is 11.8. The maximum Gasteiger partial charge on any atom is 0.303 e. The van der Waals surface area contributed by atoms with E-state index in [4.69, 9.17) is 62.6 Å². The molecular formula is C67H112N8O25. The fourth-order valence-electron chi connectivity index (χ4n) is 11.8. The van der Waals surface area contributed by atoms with Gasteiger partial charge in [0, 0.05) is 132 Å². The summed E-state index contributed by atoms with van der Waals surface area (Å²) in [4.78, 5) is 161. The summed E-state index contributed by atoms with van der Waals surface area (Å²) in [6.45, 7) is 17.8. The van der Waals surface area contributed by atoms with Gasteiger partial charge in [0.15, 0.2) is 18.9 Å². The second kappa shape index (κ2) is 47.1. The lowest BCUT2D eigenvalue weighted by molar-refractivity contribution is -0.262. The third kappa shape index (κ3) is 34.0. The van der Waals surface area contributed by atoms with Gasteiger partial charge in [-0.25, -0.2) is 0 Å². The van der Waals surface area contributed by atoms with Crippen LogP contribution in [0.1, 0.15) is 186 Å². The first-order chi connectivity index (χ1) is 47.4. The van der Waals surface area contributed by atoms with E-state index < -0.39 is 157 Å². The lowest BCUT2D eigenvalue weighted by Crippen LogP contribution is -2.62. The summed E-state index contributed by atoms with van der Waals surface area (Å²) in [7, 11) is 0. The molecule has 3 rings (SSSR count). The van der Waals surface area contributed by atoms with E-state index in [9.17, 15) is 62.3 Å². The van der Waals surface area contributed by atoms with Crippen LogP contribution in [0.5, 0.6) is 0 Å². The highest BCUT2D eigenvalue weighted by molar-refractivity contribution is 5.89. The van der Waals surface area contributed by atoms with Crippen molar-refractivity contribution in [2.24, 2.45) is 23.5 Å². The molecule has 0 radical (unpaired) electrons. The Bertz CT molecular complexity index is 2630. The number of amides is 7. The highest BCUT2D eigenvalue weighted by Gasteiger charge is 2.50. The molecule has 0 aromatic rings. The Hall–Kier alpha value is -7.17. The van der Waals surface area contributed by atoms with Crippen LogP contribution in [0.2, 0.25) is 0 Å². The number of ether oxygens (including phenoxy) is 12. The molecule has 0 aromatic carbocycles. The molecule has 3 saturated heterocycles. The van der Waals surface area contributed by atoms with Crippen molar-refractivity contribution in [3.63, 3.8) is 0 Å². The predicted molar refractivity (Wildman–Crippen MR) is 354 cm³/mol. The molecule has 0 saturated carbocycles. The molecule has 17 atom stereocenters. The predicted octanol–water partition coefficient (Wildman–Crippen LogP) is 1.52. The number of hydrogen-bond acceptors (Lipinski definition) is 26. The maximum atomic E-state index is 13.7. The van der Waals surface area contributed by atoms with Crippen LogP contribution < -0.4 is 43.0 Å². The summed E-state index contributed by atoms with van der Waals surface area (Å²) in [5.41, 5.74) is 6.22. The second-order valence-electron chi connectivity index (χ2n) is 25.6. The Morgan fingerprint density at radius 1 is 0.380 bits per heavy atom. The van der Waals surface area contributed by atoms with Gasteiger partial charge in [0.1, 0.15) is 62.5 Å². The molecule has 100 heavy (non-hydrogen) atoms. The monoisotopic (exact) mass is 1430 g/mol. The molecule has 3 heterocycles. The molecular weight excluding hydrogens is 1320 g/mol. The number of nitrogens with one attached hydrogen (secondary N) is 7. The van der Waals surface area contributed by atoms with E-state index in [-0.39, 0.29) is 95.5 Å². The first-order valence-corrected chi connectivity index (χ1v) is 34.8. The minimum Gasteiger partial charge on any atom is -0.463 e. The Labute approximate surface area is 585 Å². The van der Waals surface area contributed by atoms with Crippen LogP contribution in [0.3, 0.4) is 0 Å². The molecule has 9 N–H and O–H groups in total. The van der Waals surface area contributed by atoms with Gasteiger partial charge in [-0.05, 0) is 51.4 Å². The van der Waals surface area contributed by atoms with E-state index in [1.165, 1.54) is 62.3 Å². The summed E-state index contributed by atoms with van der Waals surface area (Å²) in [6.07, 6.45) is -0.672. The number of nitrogens with two attached hydrogens (primary N) is 1. The molecule has 570 valence electrons. The molecule has 0 aliphatic carbocycles. The van der Waals surface area contributed by atoms with E-state index in [1.807, 2.05) is 0 Å². The zero-order valence-electron chi connectivity index (χ0n) is 60.3. The topological polar surface area (TPSA) is 443 Å². The van der Waals surface area contributed by atoms with Gasteiger partial charge < -0.3 is 99.8 Å². The maximum absolute atomic E-state index is 13.7. The van der Waals surface area contributed by atoms with Gasteiger partial charge in [0.25, 0.3) is 0 Å². The number of hydrogen-bond donors (Lipinski definition) is 8. The lowest BCUT2D eigenvalue weighted by atomic mass is 9.88. The smallest absolute Gasteiger partial charge is 0.303 e. The third-order valence-corrected chi connectivity index (χ3v) is 16.8. The first-order valence-electron chi connectivity index (χ1n) is 34.8. The molecule has 17 unspecified atom stereocenters. The van der Waals surface area contributed by atoms with Crippen LogP contribution >= 0.6 is 0 Å². The van der Waals surface area contributed by atoms with Gasteiger partial charge in [0.2, 0.25) is 41.4 Å². The van der Waals surface area contributed by atoms with E-state index in [0.717, 1.165) is 0 Å². The summed E-state index contributed by atoms with van der Waals surface area (Å²) < 4.78 is 68.6. The molecule has 3 aliphatic heterocycles. The van der Waals surface area contributed by atoms with Crippen molar-refractivity contribution in [1.29, 1.82) is 0 Å². The Morgan fingerprint density at radius 3 is 1.01 bits per heavy atom. The Balaban J connectivity index is 1.52. The Morgan fingerprint density at radius 2 is 0.690 bits per heavy atom. The van der Waals surface area contributed by atoms with E-state index in [0.29, 0.717) is 90.1 Å². The van der Waals surface area contributed by atoms with E-state index in [1.54, 1.807) is 20.8 Å².